The summed E-state index contributed by atoms with van der Waals surface area (Å²) in [5.41, 5.74) is 6.39. The summed E-state index contributed by atoms with van der Waals surface area (Å²) in [4.78, 5) is 0. The third-order valence-corrected chi connectivity index (χ3v) is 4.30. The Balaban J connectivity index is 0.000000334. The normalized spacial score (nSPS) is 14.5. The summed E-state index contributed by atoms with van der Waals surface area (Å²) >= 11 is 1.58. The Morgan fingerprint density at radius 3 is 1.41 bits per heavy atom. The van der Waals surface area contributed by atoms with Crippen molar-refractivity contribution in [1.29, 1.82) is 0 Å². The fraction of sp³-hybridized carbons (Fsp3) is 0.444. The molecule has 2 aliphatic rings. The predicted molar refractivity (Wildman–Crippen MR) is 85.9 cm³/mol. The minimum atomic E-state index is 0. The fourth-order valence-corrected chi connectivity index (χ4v) is 3.23. The van der Waals surface area contributed by atoms with Gasteiger partial charge in [0, 0.05) is 0 Å². The van der Waals surface area contributed by atoms with Gasteiger partial charge >= 0.3 is 30.2 Å². The van der Waals surface area contributed by atoms with Crippen molar-refractivity contribution >= 4 is 6.88 Å². The molecule has 4 heteroatoms. The maximum Gasteiger partial charge on any atom is -0.0512 e. The van der Waals surface area contributed by atoms with Crippen LogP contribution in [0.25, 0.3) is 0 Å². The van der Waals surface area contributed by atoms with Gasteiger partial charge in [0.15, 0.2) is 0 Å². The molecule has 0 saturated heterocycles. The quantitative estimate of drug-likeness (QED) is 0.325. The Morgan fingerprint density at radius 2 is 1.05 bits per heavy atom. The molecule has 0 fully saturated rings. The van der Waals surface area contributed by atoms with E-state index >= 15 is 0 Å². The maximum atomic E-state index is 2.26. The predicted octanol–water partition coefficient (Wildman–Crippen LogP) is -2.34. The van der Waals surface area contributed by atoms with E-state index in [4.69, 9.17) is 0 Å². The molecule has 0 N–H and O–H groups in total. The topological polar surface area (TPSA) is 0 Å². The molecule has 2 aliphatic carbocycles. The Kier molecular flexibility index (Phi) is 13.0. The summed E-state index contributed by atoms with van der Waals surface area (Å²) in [6.07, 6.45) is 10.9. The zero-order chi connectivity index (χ0) is 14.2. The van der Waals surface area contributed by atoms with Gasteiger partial charge in [-0.15, -0.1) is 0 Å². The van der Waals surface area contributed by atoms with Crippen molar-refractivity contribution < 1.29 is 48.1 Å². The van der Waals surface area contributed by atoms with Crippen molar-refractivity contribution in [3.8, 4) is 0 Å². The van der Waals surface area contributed by atoms with Gasteiger partial charge in [-0.1, -0.05) is 51.4 Å². The van der Waals surface area contributed by atoms with Crippen LogP contribution < -0.4 is 24.8 Å². The van der Waals surface area contributed by atoms with Crippen LogP contribution in [0, 0.1) is 0 Å². The zero-order valence-electron chi connectivity index (χ0n) is 13.1. The maximum absolute atomic E-state index is 2.26. The van der Waals surface area contributed by atoms with Gasteiger partial charge in [0.25, 0.3) is 0 Å². The second-order valence-electron chi connectivity index (χ2n) is 5.57. The molecule has 0 aliphatic heterocycles. The van der Waals surface area contributed by atoms with E-state index in [0.717, 1.165) is 0 Å². The first-order chi connectivity index (χ1) is 9.93. The van der Waals surface area contributed by atoms with Crippen molar-refractivity contribution in [2.24, 2.45) is 0 Å². The summed E-state index contributed by atoms with van der Waals surface area (Å²) in [5.74, 6) is 0. The van der Waals surface area contributed by atoms with Gasteiger partial charge in [-0.2, -0.15) is 46.5 Å². The summed E-state index contributed by atoms with van der Waals surface area (Å²) in [5, 5.41) is 0. The Bertz CT molecular complexity index is 431. The molecule has 0 saturated carbocycles. The minimum Gasteiger partial charge on any atom is -0.210 e. The van der Waals surface area contributed by atoms with E-state index in [9.17, 15) is 0 Å². The zero-order valence-corrected chi connectivity index (χ0v) is 18.5. The molecule has 0 nitrogen and oxygen atoms in total. The molecule has 0 heterocycles. The van der Waals surface area contributed by atoms with Crippen LogP contribution >= 0.6 is 0 Å². The fourth-order valence-electron chi connectivity index (χ4n) is 3.23. The first kappa shape index (κ1) is 22.4. The summed E-state index contributed by atoms with van der Waals surface area (Å²) in [6.45, 7) is 1.95. The van der Waals surface area contributed by atoms with Crippen LogP contribution in [0.5, 0.6) is 0 Å². The summed E-state index contributed by atoms with van der Waals surface area (Å²) < 4.78 is 0. The van der Waals surface area contributed by atoms with Crippen LogP contribution in [0.15, 0.2) is 36.4 Å². The molecule has 2 aromatic rings. The van der Waals surface area contributed by atoms with Gasteiger partial charge in [-0.05, 0) is 0 Å². The number of rotatable bonds is 0. The molecule has 120 valence electrons. The molecule has 0 atom stereocenters. The van der Waals surface area contributed by atoms with Crippen molar-refractivity contribution in [3.05, 3.63) is 58.7 Å². The van der Waals surface area contributed by atoms with Crippen LogP contribution in [0.3, 0.4) is 0 Å². The standard InChI is InChI=1S/2C9H11.2ClH.H2Si.Zr/c2*1-2-5-9-7-3-6-8(9)4-1;;;;/h2*3,6-7H,1-2,4-5H2;2*1H;1H2;/q2*-1;;;;+2/p-2. The van der Waals surface area contributed by atoms with E-state index in [-0.39, 0.29) is 24.8 Å². The van der Waals surface area contributed by atoms with E-state index < -0.39 is 0 Å². The van der Waals surface area contributed by atoms with Crippen molar-refractivity contribution in [1.82, 2.24) is 0 Å². The smallest absolute Gasteiger partial charge is 0.0512 e. The Labute approximate surface area is 164 Å². The average Bonchev–Trinajstić information content (AvgIpc) is 3.18. The number of halogens is 2. The molecule has 0 aromatic heterocycles. The first-order valence-corrected chi connectivity index (χ1v) is 13.7. The number of fused-ring (bicyclic) bond motifs is 2. The molecule has 0 radical (unpaired) electrons. The van der Waals surface area contributed by atoms with Crippen LogP contribution in [-0.2, 0) is 49.0 Å². The van der Waals surface area contributed by atoms with E-state index in [1.165, 1.54) is 51.4 Å². The minimum absolute atomic E-state index is 0. The third-order valence-electron chi connectivity index (χ3n) is 4.30. The molecule has 2 aromatic carbocycles. The Morgan fingerprint density at radius 1 is 0.682 bits per heavy atom. The van der Waals surface area contributed by atoms with Gasteiger partial charge in [0.1, 0.15) is 0 Å². The molecular weight excluding hydrogens is 406 g/mol. The average molecular weight is 431 g/mol. The second kappa shape index (κ2) is 12.8. The Hall–Kier alpha value is 0.380. The SMILES string of the molecule is [Cl-].[Cl-].[SiH2]=[Zr+2].c1cc2c([cH-]1)CCCC2.c1cc2c([cH-]1)CCCC2. The van der Waals surface area contributed by atoms with Gasteiger partial charge in [-0.25, -0.2) is 12.1 Å². The van der Waals surface area contributed by atoms with E-state index in [1.807, 2.05) is 6.88 Å². The summed E-state index contributed by atoms with van der Waals surface area (Å²) in [6, 6.07) is 13.4. The van der Waals surface area contributed by atoms with Crippen LogP contribution in [0.1, 0.15) is 47.9 Å². The van der Waals surface area contributed by atoms with E-state index in [0.29, 0.717) is 0 Å². The largest absolute Gasteiger partial charge is 0.210 e. The van der Waals surface area contributed by atoms with Crippen molar-refractivity contribution in [3.63, 3.8) is 0 Å². The second-order valence-corrected chi connectivity index (χ2v) is 5.57. The van der Waals surface area contributed by atoms with Crippen molar-refractivity contribution in [2.75, 3.05) is 0 Å². The molecule has 0 unspecified atom stereocenters. The molecule has 22 heavy (non-hydrogen) atoms. The molecule has 0 spiro atoms. The van der Waals surface area contributed by atoms with Gasteiger partial charge in [0.2, 0.25) is 0 Å². The van der Waals surface area contributed by atoms with Crippen LogP contribution in [0.4, 0.5) is 0 Å². The van der Waals surface area contributed by atoms with Gasteiger partial charge in [-0.3, -0.25) is 0 Å². The monoisotopic (exact) mass is 428 g/mol. The molecular formula is C18H24Cl2SiZr-2. The van der Waals surface area contributed by atoms with Crippen molar-refractivity contribution in [2.45, 2.75) is 51.4 Å². The first-order valence-electron chi connectivity index (χ1n) is 7.76. The van der Waals surface area contributed by atoms with Gasteiger partial charge in [0.05, 0.1) is 0 Å². The van der Waals surface area contributed by atoms with Gasteiger partial charge < -0.3 is 24.8 Å². The van der Waals surface area contributed by atoms with Crippen LogP contribution in [0.2, 0.25) is 0 Å². The third kappa shape index (κ3) is 6.48. The molecule has 0 bridgehead atoms. The summed E-state index contributed by atoms with van der Waals surface area (Å²) in [7, 11) is 0. The number of hydrogen-bond donors (Lipinski definition) is 0. The van der Waals surface area contributed by atoms with E-state index in [1.54, 1.807) is 45.6 Å². The molecule has 4 rings (SSSR count). The van der Waals surface area contributed by atoms with Crippen LogP contribution in [-0.4, -0.2) is 6.88 Å². The molecule has 0 amide bonds. The number of hydrogen-bond acceptors (Lipinski definition) is 0. The number of aryl methyl sites for hydroxylation is 4. The van der Waals surface area contributed by atoms with E-state index in [2.05, 4.69) is 36.4 Å².